The Labute approximate surface area is 115 Å². The molecule has 0 aromatic carbocycles. The molecule has 106 valence electrons. The molecule has 2 heterocycles. The van der Waals surface area contributed by atoms with E-state index in [9.17, 15) is 0 Å². The molecule has 1 aromatic heterocycles. The lowest BCUT2D eigenvalue weighted by Crippen LogP contribution is -2.56. The largest absolute Gasteiger partial charge is 0.374 e. The first-order chi connectivity index (χ1) is 9.20. The van der Waals surface area contributed by atoms with Gasteiger partial charge in [-0.05, 0) is 26.0 Å². The van der Waals surface area contributed by atoms with E-state index in [1.807, 2.05) is 24.4 Å². The second-order valence-corrected chi connectivity index (χ2v) is 5.30. The van der Waals surface area contributed by atoms with E-state index in [2.05, 4.69) is 29.2 Å². The van der Waals surface area contributed by atoms with Crippen LogP contribution in [0.1, 0.15) is 19.5 Å². The molecule has 2 rings (SSSR count). The quantitative estimate of drug-likeness (QED) is 0.601. The Bertz CT molecular complexity index is 371. The van der Waals surface area contributed by atoms with Crippen molar-refractivity contribution < 1.29 is 4.74 Å². The van der Waals surface area contributed by atoms with E-state index in [1.54, 1.807) is 0 Å². The fourth-order valence-corrected chi connectivity index (χ4v) is 2.45. The minimum absolute atomic E-state index is 0.0939. The summed E-state index contributed by atoms with van der Waals surface area (Å²) in [6.07, 6.45) is 2.71. The highest BCUT2D eigenvalue weighted by Gasteiger charge is 2.28. The molecule has 3 N–H and O–H groups in total. The molecular weight excluding hydrogens is 240 g/mol. The van der Waals surface area contributed by atoms with Gasteiger partial charge in [-0.3, -0.25) is 21.2 Å². The van der Waals surface area contributed by atoms with Crippen LogP contribution in [-0.4, -0.2) is 47.8 Å². The van der Waals surface area contributed by atoms with Crippen molar-refractivity contribution in [3.8, 4) is 0 Å². The van der Waals surface area contributed by atoms with Crippen molar-refractivity contribution in [2.45, 2.75) is 38.5 Å². The lowest BCUT2D eigenvalue weighted by atomic mass is 10.0. The van der Waals surface area contributed by atoms with Crippen molar-refractivity contribution in [2.24, 2.45) is 5.84 Å². The van der Waals surface area contributed by atoms with E-state index < -0.39 is 0 Å². The number of hydrogen-bond donors (Lipinski definition) is 2. The van der Waals surface area contributed by atoms with Gasteiger partial charge in [0.25, 0.3) is 0 Å². The maximum atomic E-state index is 5.87. The topological polar surface area (TPSA) is 63.4 Å². The van der Waals surface area contributed by atoms with Crippen molar-refractivity contribution in [3.05, 3.63) is 30.1 Å². The Hall–Kier alpha value is -1.01. The summed E-state index contributed by atoms with van der Waals surface area (Å²) >= 11 is 0. The monoisotopic (exact) mass is 264 g/mol. The predicted octanol–water partition coefficient (Wildman–Crippen LogP) is 0.565. The first-order valence-electron chi connectivity index (χ1n) is 6.92. The zero-order chi connectivity index (χ0) is 13.7. The summed E-state index contributed by atoms with van der Waals surface area (Å²) in [4.78, 5) is 6.78. The third-order valence-electron chi connectivity index (χ3n) is 3.67. The average Bonchev–Trinajstić information content (AvgIpc) is 2.46. The van der Waals surface area contributed by atoms with Crippen LogP contribution < -0.4 is 11.3 Å². The second kappa shape index (κ2) is 6.96. The molecule has 5 nitrogen and oxygen atoms in total. The van der Waals surface area contributed by atoms with E-state index in [0.717, 1.165) is 31.8 Å². The summed E-state index contributed by atoms with van der Waals surface area (Å²) in [7, 11) is 0. The highest BCUT2D eigenvalue weighted by Crippen LogP contribution is 2.14. The first-order valence-corrected chi connectivity index (χ1v) is 6.92. The molecule has 2 atom stereocenters. The van der Waals surface area contributed by atoms with Gasteiger partial charge in [-0.15, -0.1) is 0 Å². The predicted molar refractivity (Wildman–Crippen MR) is 75.5 cm³/mol. The van der Waals surface area contributed by atoms with Gasteiger partial charge >= 0.3 is 0 Å². The molecule has 1 saturated heterocycles. The van der Waals surface area contributed by atoms with Crippen molar-refractivity contribution in [3.63, 3.8) is 0 Å². The Kier molecular flexibility index (Phi) is 5.27. The molecule has 0 amide bonds. The summed E-state index contributed by atoms with van der Waals surface area (Å²) in [6, 6.07) is 6.58. The van der Waals surface area contributed by atoms with E-state index >= 15 is 0 Å². The second-order valence-electron chi connectivity index (χ2n) is 5.30. The Morgan fingerprint density at radius 3 is 3.00 bits per heavy atom. The molecule has 19 heavy (non-hydrogen) atoms. The maximum Gasteiger partial charge on any atom is 0.0872 e. The number of pyridine rings is 1. The van der Waals surface area contributed by atoms with Gasteiger partial charge in [0.1, 0.15) is 0 Å². The fraction of sp³-hybridized carbons (Fsp3) is 0.643. The molecule has 0 bridgehead atoms. The van der Waals surface area contributed by atoms with E-state index in [1.165, 1.54) is 0 Å². The highest BCUT2D eigenvalue weighted by molar-refractivity contribution is 5.06. The normalized spacial score (nSPS) is 22.6. The zero-order valence-electron chi connectivity index (χ0n) is 11.7. The van der Waals surface area contributed by atoms with E-state index in [-0.39, 0.29) is 12.1 Å². The summed E-state index contributed by atoms with van der Waals surface area (Å²) in [5.74, 6) is 5.70. The minimum Gasteiger partial charge on any atom is -0.374 e. The molecule has 2 unspecified atom stereocenters. The molecule has 1 aliphatic heterocycles. The molecule has 0 spiro atoms. The number of hydrogen-bond acceptors (Lipinski definition) is 5. The van der Waals surface area contributed by atoms with Gasteiger partial charge in [0.15, 0.2) is 0 Å². The van der Waals surface area contributed by atoms with E-state index in [0.29, 0.717) is 6.04 Å². The van der Waals surface area contributed by atoms with Crippen LogP contribution in [0.25, 0.3) is 0 Å². The molecule has 1 fully saturated rings. The van der Waals surface area contributed by atoms with Crippen LogP contribution in [0.2, 0.25) is 0 Å². The first kappa shape index (κ1) is 14.4. The number of aromatic nitrogens is 1. The molecular formula is C14H24N4O. The summed E-state index contributed by atoms with van der Waals surface area (Å²) in [6.45, 7) is 7.11. The average molecular weight is 264 g/mol. The van der Waals surface area contributed by atoms with Crippen LogP contribution >= 0.6 is 0 Å². The van der Waals surface area contributed by atoms with Crippen LogP contribution in [-0.2, 0) is 11.2 Å². The maximum absolute atomic E-state index is 5.87. The summed E-state index contributed by atoms with van der Waals surface area (Å²) < 4.78 is 5.87. The summed E-state index contributed by atoms with van der Waals surface area (Å²) in [5.41, 5.74) is 3.93. The van der Waals surface area contributed by atoms with Gasteiger partial charge in [-0.2, -0.15) is 0 Å². The lowest BCUT2D eigenvalue weighted by Gasteiger charge is -2.38. The molecule has 0 radical (unpaired) electrons. The molecule has 1 aliphatic rings. The van der Waals surface area contributed by atoms with Crippen LogP contribution in [0.5, 0.6) is 0 Å². The van der Waals surface area contributed by atoms with Crippen LogP contribution in [0.3, 0.4) is 0 Å². The minimum atomic E-state index is 0.0939. The number of nitrogens with zero attached hydrogens (tertiary/aromatic N) is 2. The van der Waals surface area contributed by atoms with Crippen LogP contribution in [0.15, 0.2) is 24.4 Å². The Balaban J connectivity index is 1.97. The number of hydrazine groups is 1. The molecule has 0 saturated carbocycles. The number of ether oxygens (including phenoxy) is 1. The van der Waals surface area contributed by atoms with Crippen molar-refractivity contribution in [1.82, 2.24) is 15.3 Å². The number of rotatable bonds is 5. The van der Waals surface area contributed by atoms with Crippen molar-refractivity contribution in [2.75, 3.05) is 19.7 Å². The number of morpholine rings is 1. The van der Waals surface area contributed by atoms with Gasteiger partial charge in [0.2, 0.25) is 0 Å². The zero-order valence-corrected chi connectivity index (χ0v) is 11.7. The smallest absolute Gasteiger partial charge is 0.0872 e. The van der Waals surface area contributed by atoms with Gasteiger partial charge in [-0.25, -0.2) is 0 Å². The Morgan fingerprint density at radius 1 is 1.53 bits per heavy atom. The Morgan fingerprint density at radius 2 is 2.37 bits per heavy atom. The number of nitrogens with one attached hydrogen (secondary N) is 1. The number of nitrogens with two attached hydrogens (primary N) is 1. The van der Waals surface area contributed by atoms with Gasteiger partial charge < -0.3 is 4.74 Å². The third kappa shape index (κ3) is 3.98. The third-order valence-corrected chi connectivity index (χ3v) is 3.67. The molecule has 1 aromatic rings. The van der Waals surface area contributed by atoms with Crippen LogP contribution in [0.4, 0.5) is 0 Å². The van der Waals surface area contributed by atoms with Crippen molar-refractivity contribution in [1.29, 1.82) is 0 Å². The van der Waals surface area contributed by atoms with Gasteiger partial charge in [0.05, 0.1) is 18.8 Å². The SMILES string of the molecule is CC(C)N1CCOC(C(Cc2ccccn2)NN)C1. The summed E-state index contributed by atoms with van der Waals surface area (Å²) in [5, 5.41) is 0. The molecule has 0 aliphatic carbocycles. The van der Waals surface area contributed by atoms with Gasteiger partial charge in [-0.1, -0.05) is 6.07 Å². The highest BCUT2D eigenvalue weighted by atomic mass is 16.5. The standard InChI is InChI=1S/C14H24N4O/c1-11(2)18-7-8-19-14(10-18)13(17-15)9-12-5-3-4-6-16-12/h3-6,11,13-14,17H,7-10,15H2,1-2H3. The van der Waals surface area contributed by atoms with Gasteiger partial charge in [0, 0.05) is 37.4 Å². The molecule has 5 heteroatoms. The van der Waals surface area contributed by atoms with Crippen molar-refractivity contribution >= 4 is 0 Å². The van der Waals surface area contributed by atoms with Crippen LogP contribution in [0, 0.1) is 0 Å². The fourth-order valence-electron chi connectivity index (χ4n) is 2.45. The van der Waals surface area contributed by atoms with E-state index in [4.69, 9.17) is 10.6 Å². The lowest BCUT2D eigenvalue weighted by molar-refractivity contribution is -0.0553.